The summed E-state index contributed by atoms with van der Waals surface area (Å²) < 4.78 is 4.68. The van der Waals surface area contributed by atoms with Crippen molar-refractivity contribution < 1.29 is 24.2 Å². The van der Waals surface area contributed by atoms with Gasteiger partial charge >= 0.3 is 5.97 Å². The third kappa shape index (κ3) is 3.82. The van der Waals surface area contributed by atoms with Gasteiger partial charge in [-0.05, 0) is 32.3 Å². The summed E-state index contributed by atoms with van der Waals surface area (Å²) in [5, 5.41) is 10.2. The molecule has 0 aromatic heterocycles. The zero-order chi connectivity index (χ0) is 24.7. The van der Waals surface area contributed by atoms with Crippen molar-refractivity contribution in [2.24, 2.45) is 11.8 Å². The van der Waals surface area contributed by atoms with Crippen LogP contribution in [0.1, 0.15) is 38.3 Å². The first-order valence-corrected chi connectivity index (χ1v) is 13.3. The van der Waals surface area contributed by atoms with E-state index in [0.717, 1.165) is 18.4 Å². The number of esters is 1. The molecule has 2 fully saturated rings. The van der Waals surface area contributed by atoms with Gasteiger partial charge in [-0.1, -0.05) is 54.6 Å². The first-order valence-electron chi connectivity index (χ1n) is 12.4. The smallest absolute Gasteiger partial charge is 0.311 e. The van der Waals surface area contributed by atoms with E-state index in [1.807, 2.05) is 62.4 Å². The van der Waals surface area contributed by atoms with E-state index in [1.165, 1.54) is 11.8 Å². The van der Waals surface area contributed by atoms with Crippen molar-refractivity contribution in [3.63, 3.8) is 0 Å². The third-order valence-electron chi connectivity index (χ3n) is 7.64. The van der Waals surface area contributed by atoms with Crippen LogP contribution in [0.15, 0.2) is 54.6 Å². The number of carbonyl (C=O) groups is 3. The fourth-order valence-electron chi connectivity index (χ4n) is 6.04. The van der Waals surface area contributed by atoms with E-state index in [-0.39, 0.29) is 35.7 Å². The van der Waals surface area contributed by atoms with Crippen molar-refractivity contribution in [1.29, 1.82) is 0 Å². The molecule has 4 aliphatic rings. The van der Waals surface area contributed by atoms with E-state index in [0.29, 0.717) is 13.2 Å². The molecule has 6 atom stereocenters. The van der Waals surface area contributed by atoms with Gasteiger partial charge in [0.05, 0.1) is 35.8 Å². The van der Waals surface area contributed by atoms with Gasteiger partial charge in [0.15, 0.2) is 0 Å². The number of ether oxygens (including phenoxy) is 1. The van der Waals surface area contributed by atoms with Crippen molar-refractivity contribution in [2.45, 2.75) is 54.8 Å². The Bertz CT molecular complexity index is 1060. The van der Waals surface area contributed by atoms with E-state index in [2.05, 4.69) is 6.08 Å². The molecule has 35 heavy (non-hydrogen) atoms. The molecular formula is C27H32N2O5S. The topological polar surface area (TPSA) is 87.2 Å². The first-order chi connectivity index (χ1) is 16.9. The Kier molecular flexibility index (Phi) is 6.53. The minimum Gasteiger partial charge on any atom is -0.465 e. The summed E-state index contributed by atoms with van der Waals surface area (Å²) in [6, 6.07) is 7.72. The van der Waals surface area contributed by atoms with Crippen LogP contribution in [-0.2, 0) is 19.1 Å². The van der Waals surface area contributed by atoms with Gasteiger partial charge in [-0.2, -0.15) is 0 Å². The number of likely N-dealkylation sites (tertiary alicyclic amines) is 1. The molecule has 1 spiro atoms. The highest BCUT2D eigenvalue weighted by Crippen LogP contribution is 2.62. The van der Waals surface area contributed by atoms with E-state index >= 15 is 0 Å². The fourth-order valence-corrected chi connectivity index (χ4v) is 8.03. The summed E-state index contributed by atoms with van der Waals surface area (Å²) in [5.41, 5.74) is 0.758. The lowest BCUT2D eigenvalue weighted by Gasteiger charge is -2.39. The van der Waals surface area contributed by atoms with Crippen molar-refractivity contribution >= 4 is 29.5 Å². The molecule has 2 saturated heterocycles. The number of thioether (sulfide) groups is 1. The van der Waals surface area contributed by atoms with Crippen LogP contribution >= 0.6 is 11.8 Å². The fraction of sp³-hybridized carbons (Fsp3) is 0.519. The van der Waals surface area contributed by atoms with E-state index in [4.69, 9.17) is 4.74 Å². The van der Waals surface area contributed by atoms with Crippen LogP contribution in [0, 0.1) is 11.8 Å². The van der Waals surface area contributed by atoms with Crippen LogP contribution in [0.25, 0.3) is 0 Å². The normalized spacial score (nSPS) is 34.3. The number of benzene rings is 1. The van der Waals surface area contributed by atoms with Gasteiger partial charge in [0.1, 0.15) is 6.04 Å². The van der Waals surface area contributed by atoms with Gasteiger partial charge in [-0.25, -0.2) is 0 Å². The molecule has 1 N–H and O–H groups in total. The number of aliphatic hydroxyl groups excluding tert-OH is 1. The molecular weight excluding hydrogens is 464 g/mol. The second-order valence-corrected chi connectivity index (χ2v) is 11.4. The van der Waals surface area contributed by atoms with Gasteiger partial charge in [0.25, 0.3) is 0 Å². The number of carbonyl (C=O) groups excluding carboxylic acids is 3. The summed E-state index contributed by atoms with van der Waals surface area (Å²) >= 11 is 1.53. The highest BCUT2D eigenvalue weighted by Gasteiger charge is 2.71. The molecule has 8 heteroatoms. The molecule has 0 saturated carbocycles. The van der Waals surface area contributed by atoms with Gasteiger partial charge in [-0.15, -0.1) is 11.8 Å². The number of amides is 2. The third-order valence-corrected chi connectivity index (χ3v) is 9.38. The highest BCUT2D eigenvalue weighted by atomic mass is 32.2. The van der Waals surface area contributed by atoms with Crippen molar-refractivity contribution in [1.82, 2.24) is 9.80 Å². The second-order valence-electron chi connectivity index (χ2n) is 9.92. The molecule has 4 aliphatic heterocycles. The zero-order valence-electron chi connectivity index (χ0n) is 20.1. The molecule has 0 bridgehead atoms. The Labute approximate surface area is 210 Å². The Balaban J connectivity index is 1.67. The van der Waals surface area contributed by atoms with E-state index in [1.54, 1.807) is 9.80 Å². The maximum Gasteiger partial charge on any atom is 0.311 e. The van der Waals surface area contributed by atoms with Gasteiger partial charge in [-0.3, -0.25) is 14.4 Å². The summed E-state index contributed by atoms with van der Waals surface area (Å²) in [7, 11) is 0. The second kappa shape index (κ2) is 9.47. The van der Waals surface area contributed by atoms with Crippen LogP contribution in [0.5, 0.6) is 0 Å². The number of cyclic esters (lactones) is 1. The van der Waals surface area contributed by atoms with Crippen molar-refractivity contribution in [3.05, 3.63) is 60.2 Å². The van der Waals surface area contributed by atoms with Crippen molar-refractivity contribution in [2.75, 3.05) is 19.8 Å². The largest absolute Gasteiger partial charge is 0.465 e. The average molecular weight is 497 g/mol. The Morgan fingerprint density at radius 2 is 1.91 bits per heavy atom. The Hall–Kier alpha value is -2.58. The zero-order valence-corrected chi connectivity index (χ0v) is 20.9. The average Bonchev–Trinajstić information content (AvgIpc) is 3.25. The monoisotopic (exact) mass is 496 g/mol. The number of allylic oxidation sites excluding steroid dienone is 1. The van der Waals surface area contributed by atoms with Crippen LogP contribution in [-0.4, -0.2) is 74.5 Å². The van der Waals surface area contributed by atoms with Gasteiger partial charge < -0.3 is 19.6 Å². The van der Waals surface area contributed by atoms with E-state index in [9.17, 15) is 19.5 Å². The maximum atomic E-state index is 14.3. The summed E-state index contributed by atoms with van der Waals surface area (Å²) in [4.78, 5) is 45.1. The number of hydrogen-bond donors (Lipinski definition) is 1. The van der Waals surface area contributed by atoms with Gasteiger partial charge in [0, 0.05) is 17.8 Å². The number of fused-ring (bicyclic) bond motifs is 2. The molecule has 0 aliphatic carbocycles. The number of aliphatic hydroxyl groups is 1. The molecule has 186 valence electrons. The van der Waals surface area contributed by atoms with Crippen molar-refractivity contribution in [3.8, 4) is 0 Å². The summed E-state index contributed by atoms with van der Waals surface area (Å²) in [6.07, 6.45) is 9.58. The van der Waals surface area contributed by atoms with Crippen LogP contribution in [0.2, 0.25) is 0 Å². The predicted octanol–water partition coefficient (Wildman–Crippen LogP) is 2.72. The molecule has 1 unspecified atom stereocenters. The molecule has 1 aromatic rings. The number of nitrogens with zero attached hydrogens (tertiary/aromatic N) is 2. The number of hydrogen-bond acceptors (Lipinski definition) is 6. The summed E-state index contributed by atoms with van der Waals surface area (Å²) in [5.74, 6) is -2.23. The maximum absolute atomic E-state index is 14.3. The van der Waals surface area contributed by atoms with Crippen LogP contribution < -0.4 is 0 Å². The molecule has 7 nitrogen and oxygen atoms in total. The lowest BCUT2D eigenvalue weighted by molar-refractivity contribution is -0.153. The van der Waals surface area contributed by atoms with Crippen LogP contribution in [0.4, 0.5) is 0 Å². The Morgan fingerprint density at radius 3 is 2.63 bits per heavy atom. The summed E-state index contributed by atoms with van der Waals surface area (Å²) in [6.45, 7) is 4.36. The molecule has 1 aromatic carbocycles. The van der Waals surface area contributed by atoms with Gasteiger partial charge in [0.2, 0.25) is 11.8 Å². The SMILES string of the molecule is CC(C)N1CC=C[C@]23S[C@@H]4/C=C\CCCOC(=O)[C@@H]4[C@H]2C(=O)N([C@H](CO)c2ccccc2)C3C1=O. The molecule has 5 rings (SSSR count). The first kappa shape index (κ1) is 24.1. The standard InChI is InChI=1S/C27H32N2O5S/c1-17(2)28-14-9-13-27-22(21-20(35-27)12-7-4-8-15-34-26(21)33)24(31)29(23(27)25(28)32)19(16-30)18-10-5-3-6-11-18/h3,5-7,9-13,17,19-23,30H,4,8,14-16H2,1-2H3/b12-7-/t19-,20-,21+,22+,23?,27+/m1/s1. The van der Waals surface area contributed by atoms with E-state index < -0.39 is 28.7 Å². The number of rotatable bonds is 4. The minimum atomic E-state index is -0.919. The molecule has 4 heterocycles. The molecule has 2 amide bonds. The quantitative estimate of drug-likeness (QED) is 0.510. The Morgan fingerprint density at radius 1 is 1.14 bits per heavy atom. The highest BCUT2D eigenvalue weighted by molar-refractivity contribution is 8.02. The lowest BCUT2D eigenvalue weighted by Crippen LogP contribution is -2.55. The predicted molar refractivity (Wildman–Crippen MR) is 133 cm³/mol. The van der Waals surface area contributed by atoms with Crippen LogP contribution in [0.3, 0.4) is 0 Å². The lowest BCUT2D eigenvalue weighted by atomic mass is 9.78. The molecule has 0 radical (unpaired) electrons. The minimum absolute atomic E-state index is 0.0592.